The van der Waals surface area contributed by atoms with Gasteiger partial charge in [0.25, 0.3) is 5.78 Å². The smallest absolute Gasteiger partial charge is 0.253 e. The van der Waals surface area contributed by atoms with Gasteiger partial charge in [-0.05, 0) is 44.2 Å². The molecule has 3 heterocycles. The van der Waals surface area contributed by atoms with Crippen LogP contribution in [0, 0.1) is 13.8 Å². The van der Waals surface area contributed by atoms with E-state index >= 15 is 0 Å². The van der Waals surface area contributed by atoms with Gasteiger partial charge in [0.1, 0.15) is 0 Å². The monoisotopic (exact) mass is 371 g/mol. The molecule has 8 heteroatoms. The van der Waals surface area contributed by atoms with Crippen LogP contribution in [0.2, 0.25) is 5.02 Å². The number of hydrogen-bond acceptors (Lipinski definition) is 6. The van der Waals surface area contributed by atoms with Crippen LogP contribution in [0.5, 0.6) is 0 Å². The summed E-state index contributed by atoms with van der Waals surface area (Å²) in [7, 11) is 0. The Morgan fingerprint density at radius 2 is 1.96 bits per heavy atom. The summed E-state index contributed by atoms with van der Waals surface area (Å²) in [5.41, 5.74) is 2.87. The van der Waals surface area contributed by atoms with E-state index in [1.54, 1.807) is 10.7 Å². The minimum Gasteiger partial charge on any atom is -0.440 e. The summed E-state index contributed by atoms with van der Waals surface area (Å²) in [5.74, 6) is 2.48. The molecule has 0 spiro atoms. The van der Waals surface area contributed by atoms with Crippen molar-refractivity contribution in [2.24, 2.45) is 0 Å². The zero-order chi connectivity index (χ0) is 17.4. The lowest BCUT2D eigenvalue weighted by atomic mass is 10.2. The van der Waals surface area contributed by atoms with Gasteiger partial charge in [-0.25, -0.2) is 14.5 Å². The van der Waals surface area contributed by atoms with Crippen LogP contribution in [0.25, 0.3) is 17.1 Å². The third-order valence-electron chi connectivity index (χ3n) is 3.61. The molecule has 1 aromatic carbocycles. The Kier molecular flexibility index (Phi) is 4.19. The number of rotatable bonds is 4. The highest BCUT2D eigenvalue weighted by molar-refractivity contribution is 7.98. The zero-order valence-electron chi connectivity index (χ0n) is 13.6. The average molecular weight is 372 g/mol. The van der Waals surface area contributed by atoms with E-state index in [9.17, 15) is 0 Å². The maximum Gasteiger partial charge on any atom is 0.253 e. The highest BCUT2D eigenvalue weighted by atomic mass is 35.5. The van der Waals surface area contributed by atoms with Crippen molar-refractivity contribution in [2.75, 3.05) is 0 Å². The Labute approximate surface area is 153 Å². The molecule has 0 radical (unpaired) electrons. The second-order valence-corrected chi connectivity index (χ2v) is 6.94. The molecule has 25 heavy (non-hydrogen) atoms. The van der Waals surface area contributed by atoms with Crippen molar-refractivity contribution in [3.63, 3.8) is 0 Å². The fraction of sp³-hybridized carbons (Fsp3) is 0.176. The molecule has 0 atom stereocenters. The summed E-state index contributed by atoms with van der Waals surface area (Å²) in [5, 5.41) is 5.80. The average Bonchev–Trinajstić information content (AvgIpc) is 3.20. The molecule has 0 unspecified atom stereocenters. The van der Waals surface area contributed by atoms with Crippen molar-refractivity contribution in [2.45, 2.75) is 24.8 Å². The van der Waals surface area contributed by atoms with Crippen LogP contribution in [0.15, 0.2) is 46.1 Å². The quantitative estimate of drug-likeness (QED) is 0.497. The van der Waals surface area contributed by atoms with Gasteiger partial charge in [-0.3, -0.25) is 0 Å². The fourth-order valence-electron chi connectivity index (χ4n) is 2.46. The number of aryl methyl sites for hydroxylation is 2. The highest BCUT2D eigenvalue weighted by Crippen LogP contribution is 2.25. The van der Waals surface area contributed by atoms with E-state index in [2.05, 4.69) is 20.1 Å². The lowest BCUT2D eigenvalue weighted by molar-refractivity contribution is 0.530. The van der Waals surface area contributed by atoms with E-state index in [1.807, 2.05) is 44.2 Å². The molecule has 0 fully saturated rings. The summed E-state index contributed by atoms with van der Waals surface area (Å²) >= 11 is 7.37. The second kappa shape index (κ2) is 6.50. The molecular weight excluding hydrogens is 358 g/mol. The Morgan fingerprint density at radius 1 is 1.16 bits per heavy atom. The van der Waals surface area contributed by atoms with Gasteiger partial charge in [-0.15, -0.1) is 5.10 Å². The standard InChI is InChI=1S/C17H14ClN5OS/c1-10-7-11(2)23-16(20-10)21-17(22-23)25-9-15-19-8-14(24-15)12-3-5-13(18)6-4-12/h3-8H,9H2,1-2H3. The molecule has 4 rings (SSSR count). The Morgan fingerprint density at radius 3 is 2.76 bits per heavy atom. The predicted octanol–water partition coefficient (Wildman–Crippen LogP) is 4.34. The largest absolute Gasteiger partial charge is 0.440 e. The van der Waals surface area contributed by atoms with Crippen LogP contribution in [0.4, 0.5) is 0 Å². The number of benzene rings is 1. The molecule has 0 aliphatic carbocycles. The van der Waals surface area contributed by atoms with E-state index in [1.165, 1.54) is 11.8 Å². The molecule has 0 N–H and O–H groups in total. The number of halogens is 1. The van der Waals surface area contributed by atoms with Gasteiger partial charge in [-0.1, -0.05) is 23.4 Å². The van der Waals surface area contributed by atoms with Crippen LogP contribution in [-0.4, -0.2) is 24.6 Å². The Balaban J connectivity index is 1.50. The van der Waals surface area contributed by atoms with Crippen LogP contribution >= 0.6 is 23.4 Å². The molecule has 0 aliphatic heterocycles. The van der Waals surface area contributed by atoms with Gasteiger partial charge in [0, 0.05) is 22.0 Å². The van der Waals surface area contributed by atoms with E-state index in [4.69, 9.17) is 16.0 Å². The maximum absolute atomic E-state index is 5.91. The fourth-order valence-corrected chi connectivity index (χ4v) is 3.26. The van der Waals surface area contributed by atoms with E-state index in [0.717, 1.165) is 17.0 Å². The number of thioether (sulfide) groups is 1. The van der Waals surface area contributed by atoms with Crippen LogP contribution < -0.4 is 0 Å². The molecule has 0 saturated heterocycles. The Bertz CT molecular complexity index is 1040. The van der Waals surface area contributed by atoms with Crippen molar-refractivity contribution in [3.05, 3.63) is 58.8 Å². The normalized spacial score (nSPS) is 11.3. The van der Waals surface area contributed by atoms with Crippen LogP contribution in [0.3, 0.4) is 0 Å². The van der Waals surface area contributed by atoms with E-state index in [0.29, 0.717) is 33.4 Å². The molecule has 6 nitrogen and oxygen atoms in total. The van der Waals surface area contributed by atoms with Gasteiger partial charge in [0.15, 0.2) is 5.76 Å². The minimum atomic E-state index is 0.544. The summed E-state index contributed by atoms with van der Waals surface area (Å²) in [4.78, 5) is 13.2. The number of nitrogens with zero attached hydrogens (tertiary/aromatic N) is 5. The van der Waals surface area contributed by atoms with Gasteiger partial charge in [-0.2, -0.15) is 4.98 Å². The first-order valence-electron chi connectivity index (χ1n) is 7.63. The first kappa shape index (κ1) is 16.1. The van der Waals surface area contributed by atoms with Gasteiger partial charge < -0.3 is 4.42 Å². The SMILES string of the molecule is Cc1cc(C)n2nc(SCc3ncc(-c4ccc(Cl)cc4)o3)nc2n1. The highest BCUT2D eigenvalue weighted by Gasteiger charge is 2.11. The van der Waals surface area contributed by atoms with Crippen molar-refractivity contribution in [3.8, 4) is 11.3 Å². The first-order chi connectivity index (χ1) is 12.1. The number of aromatic nitrogens is 5. The molecule has 0 amide bonds. The first-order valence-corrected chi connectivity index (χ1v) is 8.99. The summed E-state index contributed by atoms with van der Waals surface area (Å²) in [6, 6.07) is 9.43. The van der Waals surface area contributed by atoms with Crippen molar-refractivity contribution < 1.29 is 4.42 Å². The lowest BCUT2D eigenvalue weighted by Crippen LogP contribution is -1.97. The third-order valence-corrected chi connectivity index (χ3v) is 4.68. The molecule has 0 bridgehead atoms. The van der Waals surface area contributed by atoms with E-state index in [-0.39, 0.29) is 0 Å². The molecule has 3 aromatic heterocycles. The predicted molar refractivity (Wildman–Crippen MR) is 96.8 cm³/mol. The number of fused-ring (bicyclic) bond motifs is 1. The summed E-state index contributed by atoms with van der Waals surface area (Å²) < 4.78 is 7.54. The molecule has 126 valence electrons. The summed E-state index contributed by atoms with van der Waals surface area (Å²) in [6.45, 7) is 3.93. The van der Waals surface area contributed by atoms with Crippen LogP contribution in [0.1, 0.15) is 17.3 Å². The second-order valence-electron chi connectivity index (χ2n) is 5.56. The van der Waals surface area contributed by atoms with Gasteiger partial charge in [0.05, 0.1) is 11.9 Å². The molecular formula is C17H14ClN5OS. The number of hydrogen-bond donors (Lipinski definition) is 0. The Hall–Kier alpha value is -2.38. The lowest BCUT2D eigenvalue weighted by Gasteiger charge is -1.97. The summed E-state index contributed by atoms with van der Waals surface area (Å²) in [6.07, 6.45) is 1.71. The minimum absolute atomic E-state index is 0.544. The maximum atomic E-state index is 5.91. The topological polar surface area (TPSA) is 69.1 Å². The molecule has 0 aliphatic rings. The molecule has 4 aromatic rings. The third kappa shape index (κ3) is 3.38. The number of oxazole rings is 1. The van der Waals surface area contributed by atoms with E-state index < -0.39 is 0 Å². The van der Waals surface area contributed by atoms with Crippen LogP contribution in [-0.2, 0) is 5.75 Å². The molecule has 0 saturated carbocycles. The van der Waals surface area contributed by atoms with Gasteiger partial charge >= 0.3 is 0 Å². The van der Waals surface area contributed by atoms with Crippen molar-refractivity contribution in [1.82, 2.24) is 24.6 Å². The van der Waals surface area contributed by atoms with Crippen molar-refractivity contribution >= 4 is 29.1 Å². The van der Waals surface area contributed by atoms with Crippen molar-refractivity contribution in [1.29, 1.82) is 0 Å². The van der Waals surface area contributed by atoms with Gasteiger partial charge in [0.2, 0.25) is 11.0 Å². The zero-order valence-corrected chi connectivity index (χ0v) is 15.2.